The summed E-state index contributed by atoms with van der Waals surface area (Å²) >= 11 is 15.9. The summed E-state index contributed by atoms with van der Waals surface area (Å²) in [7, 11) is 0. The van der Waals surface area contributed by atoms with Crippen LogP contribution < -0.4 is 5.32 Å². The lowest BCUT2D eigenvalue weighted by molar-refractivity contribution is 0.149. The van der Waals surface area contributed by atoms with Crippen LogP contribution in [0.1, 0.15) is 6.92 Å². The lowest BCUT2D eigenvalue weighted by Crippen LogP contribution is -2.28. The molecule has 1 N–H and O–H groups in total. The van der Waals surface area contributed by atoms with Crippen LogP contribution in [0.3, 0.4) is 0 Å². The Kier molecular flexibility index (Phi) is 6.24. The Balaban J connectivity index is 3.62. The van der Waals surface area contributed by atoms with Crippen molar-refractivity contribution in [3.8, 4) is 0 Å². The van der Waals surface area contributed by atoms with E-state index in [-0.39, 0.29) is 13.2 Å². The van der Waals surface area contributed by atoms with Gasteiger partial charge in [-0.25, -0.2) is 9.18 Å². The van der Waals surface area contributed by atoms with Crippen molar-refractivity contribution in [1.82, 2.24) is 5.32 Å². The van der Waals surface area contributed by atoms with Gasteiger partial charge in [-0.1, -0.05) is 34.8 Å². The van der Waals surface area contributed by atoms with Crippen molar-refractivity contribution in [2.45, 2.75) is 10.7 Å². The maximum atomic E-state index is 12.1. The molecule has 0 saturated carbocycles. The number of carbonyl (C=O) groups excluding carboxylic acids is 1. The molecule has 7 heteroatoms. The molecule has 0 aromatic rings. The SMILES string of the molecule is C/C(F)=C/CNC(=O)OCC(Cl)(Cl)Cl. The summed E-state index contributed by atoms with van der Waals surface area (Å²) < 4.78 is 15.0. The first-order valence-corrected chi connectivity index (χ1v) is 4.74. The molecule has 0 fully saturated rings. The minimum atomic E-state index is -1.64. The second-order valence-corrected chi connectivity index (χ2v) is 4.88. The van der Waals surface area contributed by atoms with Gasteiger partial charge in [0.2, 0.25) is 3.79 Å². The topological polar surface area (TPSA) is 38.3 Å². The summed E-state index contributed by atoms with van der Waals surface area (Å²) in [5, 5.41) is 2.23. The number of alkyl carbamates (subject to hydrolysis) is 1. The summed E-state index contributed by atoms with van der Waals surface area (Å²) in [6.07, 6.45) is 0.408. The minimum absolute atomic E-state index is 0.0288. The predicted molar refractivity (Wildman–Crippen MR) is 54.5 cm³/mol. The molecule has 0 unspecified atom stereocenters. The standard InChI is InChI=1S/C7H9Cl3FNO2/c1-5(11)2-3-12-6(13)14-4-7(8,9)10/h2H,3-4H2,1H3,(H,12,13)/b5-2-. The number of hydrogen-bond acceptors (Lipinski definition) is 2. The molecule has 0 rings (SSSR count). The van der Waals surface area contributed by atoms with E-state index < -0.39 is 15.7 Å². The van der Waals surface area contributed by atoms with Crippen molar-refractivity contribution in [2.75, 3.05) is 13.2 Å². The Bertz CT molecular complexity index is 223. The summed E-state index contributed by atoms with van der Waals surface area (Å²) in [5.74, 6) is -0.397. The van der Waals surface area contributed by atoms with Crippen molar-refractivity contribution in [1.29, 1.82) is 0 Å². The minimum Gasteiger partial charge on any atom is -0.445 e. The van der Waals surface area contributed by atoms with E-state index in [1.807, 2.05) is 0 Å². The quantitative estimate of drug-likeness (QED) is 0.796. The molecule has 0 aliphatic rings. The Morgan fingerprint density at radius 1 is 1.57 bits per heavy atom. The van der Waals surface area contributed by atoms with Gasteiger partial charge in [0.1, 0.15) is 6.61 Å². The van der Waals surface area contributed by atoms with Gasteiger partial charge in [-0.05, 0) is 13.0 Å². The smallest absolute Gasteiger partial charge is 0.407 e. The summed E-state index contributed by atoms with van der Waals surface area (Å²) in [5.41, 5.74) is 0. The molecule has 0 aromatic heterocycles. The second kappa shape index (κ2) is 6.32. The molecule has 0 spiro atoms. The van der Waals surface area contributed by atoms with Crippen molar-refractivity contribution in [3.05, 3.63) is 11.9 Å². The van der Waals surface area contributed by atoms with Crippen LogP contribution >= 0.6 is 34.8 Å². The fraction of sp³-hybridized carbons (Fsp3) is 0.571. The van der Waals surface area contributed by atoms with E-state index in [1.54, 1.807) is 0 Å². The molecule has 14 heavy (non-hydrogen) atoms. The number of hydrogen-bond donors (Lipinski definition) is 1. The lowest BCUT2D eigenvalue weighted by atomic mass is 10.5. The number of carbonyl (C=O) groups is 1. The van der Waals surface area contributed by atoms with E-state index in [0.29, 0.717) is 0 Å². The van der Waals surface area contributed by atoms with Crippen molar-refractivity contribution < 1.29 is 13.9 Å². The van der Waals surface area contributed by atoms with Crippen molar-refractivity contribution >= 4 is 40.9 Å². The Hall–Kier alpha value is -0.190. The van der Waals surface area contributed by atoms with Gasteiger partial charge in [-0.15, -0.1) is 0 Å². The number of rotatable bonds is 3. The third-order valence-electron chi connectivity index (χ3n) is 0.997. The van der Waals surface area contributed by atoms with Crippen LogP contribution in [0.2, 0.25) is 0 Å². The zero-order chi connectivity index (χ0) is 11.2. The zero-order valence-electron chi connectivity index (χ0n) is 7.32. The van der Waals surface area contributed by atoms with Crippen LogP contribution in [0, 0.1) is 0 Å². The van der Waals surface area contributed by atoms with E-state index in [2.05, 4.69) is 10.1 Å². The van der Waals surface area contributed by atoms with E-state index in [9.17, 15) is 9.18 Å². The van der Waals surface area contributed by atoms with Crippen LogP contribution in [-0.2, 0) is 4.74 Å². The monoisotopic (exact) mass is 263 g/mol. The van der Waals surface area contributed by atoms with Crippen LogP contribution in [0.4, 0.5) is 9.18 Å². The summed E-state index contributed by atoms with van der Waals surface area (Å²) in [6.45, 7) is 0.928. The molecule has 0 atom stereocenters. The van der Waals surface area contributed by atoms with E-state index >= 15 is 0 Å². The average Bonchev–Trinajstić information content (AvgIpc) is 1.99. The molecular weight excluding hydrogens is 255 g/mol. The maximum Gasteiger partial charge on any atom is 0.407 e. The lowest BCUT2D eigenvalue weighted by Gasteiger charge is -2.11. The first-order valence-electron chi connectivity index (χ1n) is 3.61. The number of allylic oxidation sites excluding steroid dienone is 1. The molecule has 0 aliphatic heterocycles. The molecule has 3 nitrogen and oxygen atoms in total. The third kappa shape index (κ3) is 9.89. The van der Waals surface area contributed by atoms with Crippen LogP contribution in [-0.4, -0.2) is 23.0 Å². The summed E-state index contributed by atoms with van der Waals surface area (Å²) in [4.78, 5) is 10.8. The summed E-state index contributed by atoms with van der Waals surface area (Å²) in [6, 6.07) is 0. The number of nitrogens with one attached hydrogen (secondary N) is 1. The Labute approximate surface area is 96.1 Å². The molecule has 0 heterocycles. The molecule has 82 valence electrons. The Morgan fingerprint density at radius 3 is 2.57 bits per heavy atom. The number of ether oxygens (including phenoxy) is 1. The van der Waals surface area contributed by atoms with E-state index in [4.69, 9.17) is 34.8 Å². The zero-order valence-corrected chi connectivity index (χ0v) is 9.59. The first kappa shape index (κ1) is 13.8. The van der Waals surface area contributed by atoms with Gasteiger partial charge < -0.3 is 10.1 Å². The largest absolute Gasteiger partial charge is 0.445 e. The molecule has 1 amide bonds. The van der Waals surface area contributed by atoms with Gasteiger partial charge in [0.15, 0.2) is 0 Å². The molecular formula is C7H9Cl3FNO2. The molecule has 0 radical (unpaired) electrons. The van der Waals surface area contributed by atoms with Gasteiger partial charge in [-0.2, -0.15) is 0 Å². The number of alkyl halides is 3. The molecule has 0 bridgehead atoms. The Morgan fingerprint density at radius 2 is 2.14 bits per heavy atom. The molecule has 0 saturated heterocycles. The number of amides is 1. The number of halogens is 4. The van der Waals surface area contributed by atoms with Crippen LogP contribution in [0.25, 0.3) is 0 Å². The fourth-order valence-corrected chi connectivity index (χ4v) is 0.637. The molecule has 0 aromatic carbocycles. The maximum absolute atomic E-state index is 12.1. The highest BCUT2D eigenvalue weighted by Gasteiger charge is 2.21. The van der Waals surface area contributed by atoms with Crippen molar-refractivity contribution in [2.24, 2.45) is 0 Å². The van der Waals surface area contributed by atoms with Gasteiger partial charge in [0, 0.05) is 6.54 Å². The van der Waals surface area contributed by atoms with Crippen LogP contribution in [0.15, 0.2) is 11.9 Å². The van der Waals surface area contributed by atoms with Gasteiger partial charge in [0.25, 0.3) is 0 Å². The highest BCUT2D eigenvalue weighted by atomic mass is 35.6. The second-order valence-electron chi connectivity index (χ2n) is 2.36. The highest BCUT2D eigenvalue weighted by Crippen LogP contribution is 2.25. The van der Waals surface area contributed by atoms with Gasteiger partial charge in [0.05, 0.1) is 5.83 Å². The molecule has 0 aliphatic carbocycles. The van der Waals surface area contributed by atoms with E-state index in [0.717, 1.165) is 0 Å². The van der Waals surface area contributed by atoms with Gasteiger partial charge in [-0.3, -0.25) is 0 Å². The predicted octanol–water partition coefficient (Wildman–Crippen LogP) is 2.96. The van der Waals surface area contributed by atoms with E-state index in [1.165, 1.54) is 13.0 Å². The normalized spacial score (nSPS) is 12.5. The fourth-order valence-electron chi connectivity index (χ4n) is 0.473. The third-order valence-corrected chi connectivity index (χ3v) is 1.32. The van der Waals surface area contributed by atoms with Crippen LogP contribution in [0.5, 0.6) is 0 Å². The average molecular weight is 265 g/mol. The van der Waals surface area contributed by atoms with Gasteiger partial charge >= 0.3 is 6.09 Å². The first-order chi connectivity index (χ1) is 6.31. The highest BCUT2D eigenvalue weighted by molar-refractivity contribution is 6.67. The van der Waals surface area contributed by atoms with Crippen molar-refractivity contribution in [3.63, 3.8) is 0 Å².